The second-order valence-electron chi connectivity index (χ2n) is 6.86. The number of rotatable bonds is 3. The second-order valence-corrected chi connectivity index (χ2v) is 7.29. The van der Waals surface area contributed by atoms with E-state index in [0.29, 0.717) is 18.2 Å². The summed E-state index contributed by atoms with van der Waals surface area (Å²) in [5, 5.41) is 10.2. The Morgan fingerprint density at radius 3 is 3.12 bits per heavy atom. The number of piperidine rings is 1. The van der Waals surface area contributed by atoms with Crippen molar-refractivity contribution in [3.05, 3.63) is 46.5 Å². The Morgan fingerprint density at radius 2 is 2.33 bits per heavy atom. The van der Waals surface area contributed by atoms with Crippen molar-refractivity contribution in [1.82, 2.24) is 4.90 Å². The molecular weight excluding hydrogens is 326 g/mol. The Balaban J connectivity index is 1.68. The number of amides is 1. The maximum Gasteiger partial charge on any atom is 0.246 e. The van der Waals surface area contributed by atoms with Gasteiger partial charge in [-0.05, 0) is 42.7 Å². The SMILES string of the molecule is CC1(CO)CCCN(C(=O)/C=C/C2=Cc3cc(Cl)ccc3OC2)C1. The molecular formula is C19H22ClNO3. The average molecular weight is 348 g/mol. The Morgan fingerprint density at radius 1 is 1.50 bits per heavy atom. The number of fused-ring (bicyclic) bond motifs is 1. The fourth-order valence-corrected chi connectivity index (χ4v) is 3.36. The molecule has 1 amide bonds. The highest BCUT2D eigenvalue weighted by molar-refractivity contribution is 6.30. The molecule has 2 aliphatic heterocycles. The van der Waals surface area contributed by atoms with E-state index in [0.717, 1.165) is 36.3 Å². The third-order valence-corrected chi connectivity index (χ3v) is 4.86. The highest BCUT2D eigenvalue weighted by Crippen LogP contribution is 2.30. The molecule has 1 N–H and O–H groups in total. The number of hydrogen-bond acceptors (Lipinski definition) is 3. The molecule has 3 rings (SSSR count). The summed E-state index contributed by atoms with van der Waals surface area (Å²) in [5.74, 6) is 0.782. The maximum atomic E-state index is 12.4. The van der Waals surface area contributed by atoms with Crippen LogP contribution in [0, 0.1) is 5.41 Å². The van der Waals surface area contributed by atoms with Crippen molar-refractivity contribution in [2.24, 2.45) is 5.41 Å². The summed E-state index contributed by atoms with van der Waals surface area (Å²) in [6.07, 6.45) is 7.26. The number of hydrogen-bond donors (Lipinski definition) is 1. The van der Waals surface area contributed by atoms with Crippen LogP contribution in [0.3, 0.4) is 0 Å². The van der Waals surface area contributed by atoms with Gasteiger partial charge in [0.15, 0.2) is 0 Å². The highest BCUT2D eigenvalue weighted by Gasteiger charge is 2.31. The molecule has 5 heteroatoms. The van der Waals surface area contributed by atoms with Crippen LogP contribution >= 0.6 is 11.6 Å². The smallest absolute Gasteiger partial charge is 0.246 e. The van der Waals surface area contributed by atoms with Gasteiger partial charge in [0.1, 0.15) is 12.4 Å². The number of aliphatic hydroxyl groups excluding tert-OH is 1. The molecule has 2 aliphatic rings. The lowest BCUT2D eigenvalue weighted by atomic mass is 9.83. The average Bonchev–Trinajstić information content (AvgIpc) is 2.59. The van der Waals surface area contributed by atoms with E-state index in [1.165, 1.54) is 0 Å². The monoisotopic (exact) mass is 347 g/mol. The maximum absolute atomic E-state index is 12.4. The lowest BCUT2D eigenvalue weighted by Crippen LogP contribution is -2.45. The summed E-state index contributed by atoms with van der Waals surface area (Å²) in [7, 11) is 0. The van der Waals surface area contributed by atoms with Crippen LogP contribution < -0.4 is 4.74 Å². The van der Waals surface area contributed by atoms with Crippen LogP contribution in [0.5, 0.6) is 5.75 Å². The van der Waals surface area contributed by atoms with Gasteiger partial charge in [0.2, 0.25) is 5.91 Å². The lowest BCUT2D eigenvalue weighted by molar-refractivity contribution is -0.129. The quantitative estimate of drug-likeness (QED) is 0.853. The van der Waals surface area contributed by atoms with Crippen molar-refractivity contribution < 1.29 is 14.6 Å². The van der Waals surface area contributed by atoms with Crippen molar-refractivity contribution in [3.63, 3.8) is 0 Å². The van der Waals surface area contributed by atoms with Crippen LogP contribution in [0.2, 0.25) is 5.02 Å². The van der Waals surface area contributed by atoms with E-state index in [-0.39, 0.29) is 17.9 Å². The molecule has 1 aromatic carbocycles. The molecule has 2 heterocycles. The number of likely N-dealkylation sites (tertiary alicyclic amines) is 1. The summed E-state index contributed by atoms with van der Waals surface area (Å²) >= 11 is 6.01. The first-order chi connectivity index (χ1) is 11.5. The zero-order chi connectivity index (χ0) is 17.2. The Bertz CT molecular complexity index is 698. The number of halogens is 1. The van der Waals surface area contributed by atoms with Gasteiger partial charge >= 0.3 is 0 Å². The summed E-state index contributed by atoms with van der Waals surface area (Å²) in [4.78, 5) is 14.2. The van der Waals surface area contributed by atoms with Gasteiger partial charge in [-0.1, -0.05) is 24.6 Å². The molecule has 24 heavy (non-hydrogen) atoms. The second kappa shape index (κ2) is 6.99. The Hall–Kier alpha value is -1.78. The molecule has 1 atom stereocenters. The molecule has 1 aromatic rings. The number of ether oxygens (including phenoxy) is 1. The van der Waals surface area contributed by atoms with Gasteiger partial charge in [-0.2, -0.15) is 0 Å². The molecule has 4 nitrogen and oxygen atoms in total. The molecule has 0 spiro atoms. The van der Waals surface area contributed by atoms with E-state index < -0.39 is 0 Å². The summed E-state index contributed by atoms with van der Waals surface area (Å²) in [6, 6.07) is 5.50. The summed E-state index contributed by atoms with van der Waals surface area (Å²) < 4.78 is 5.68. The lowest BCUT2D eigenvalue weighted by Gasteiger charge is -2.38. The molecule has 1 unspecified atom stereocenters. The fourth-order valence-electron chi connectivity index (χ4n) is 3.18. The molecule has 0 radical (unpaired) electrons. The number of carbonyl (C=O) groups is 1. The minimum absolute atomic E-state index is 0.0211. The molecule has 128 valence electrons. The van der Waals surface area contributed by atoms with Crippen LogP contribution in [0.25, 0.3) is 6.08 Å². The topological polar surface area (TPSA) is 49.8 Å². The predicted molar refractivity (Wildman–Crippen MR) is 95.1 cm³/mol. The van der Waals surface area contributed by atoms with E-state index in [1.54, 1.807) is 18.2 Å². The molecule has 1 fully saturated rings. The van der Waals surface area contributed by atoms with Gasteiger partial charge in [0.05, 0.1) is 6.61 Å². The van der Waals surface area contributed by atoms with Crippen molar-refractivity contribution in [3.8, 4) is 5.75 Å². The van der Waals surface area contributed by atoms with Crippen molar-refractivity contribution in [2.45, 2.75) is 19.8 Å². The summed E-state index contributed by atoms with van der Waals surface area (Å²) in [5.41, 5.74) is 1.66. The number of nitrogens with zero attached hydrogens (tertiary/aromatic N) is 1. The zero-order valence-electron chi connectivity index (χ0n) is 13.8. The number of benzene rings is 1. The first kappa shape index (κ1) is 17.1. The predicted octanol–water partition coefficient (Wildman–Crippen LogP) is 3.29. The van der Waals surface area contributed by atoms with Gasteiger partial charge in [-0.3, -0.25) is 4.79 Å². The van der Waals surface area contributed by atoms with Gasteiger partial charge in [0.25, 0.3) is 0 Å². The third-order valence-electron chi connectivity index (χ3n) is 4.62. The van der Waals surface area contributed by atoms with Crippen LogP contribution in [-0.2, 0) is 4.79 Å². The highest BCUT2D eigenvalue weighted by atomic mass is 35.5. The van der Waals surface area contributed by atoms with Crippen molar-refractivity contribution in [1.29, 1.82) is 0 Å². The standard InChI is InChI=1S/C19H22ClNO3/c1-19(13-22)7-2-8-21(12-19)18(23)6-3-14-9-15-10-16(20)4-5-17(15)24-11-14/h3-6,9-10,22H,2,7-8,11-13H2,1H3/b6-3+. The first-order valence-electron chi connectivity index (χ1n) is 8.20. The Kier molecular flexibility index (Phi) is 4.97. The van der Waals surface area contributed by atoms with E-state index in [4.69, 9.17) is 16.3 Å². The summed E-state index contributed by atoms with van der Waals surface area (Å²) in [6.45, 7) is 3.91. The third kappa shape index (κ3) is 3.82. The van der Waals surface area contributed by atoms with Crippen molar-refractivity contribution in [2.75, 3.05) is 26.3 Å². The molecule has 0 saturated carbocycles. The van der Waals surface area contributed by atoms with Crippen LogP contribution in [0.15, 0.2) is 35.9 Å². The Labute approximate surface area is 147 Å². The minimum Gasteiger partial charge on any atom is -0.488 e. The van der Waals surface area contributed by atoms with Crippen LogP contribution in [0.4, 0.5) is 0 Å². The number of carbonyl (C=O) groups excluding carboxylic acids is 1. The van der Waals surface area contributed by atoms with Crippen LogP contribution in [-0.4, -0.2) is 42.2 Å². The van der Waals surface area contributed by atoms with Gasteiger partial charge in [-0.25, -0.2) is 0 Å². The van der Waals surface area contributed by atoms with E-state index in [1.807, 2.05) is 30.0 Å². The van der Waals surface area contributed by atoms with E-state index in [9.17, 15) is 9.90 Å². The fraction of sp³-hybridized carbons (Fsp3) is 0.421. The van der Waals surface area contributed by atoms with Gasteiger partial charge in [-0.15, -0.1) is 0 Å². The van der Waals surface area contributed by atoms with Gasteiger partial charge < -0.3 is 14.7 Å². The molecule has 0 aromatic heterocycles. The molecule has 1 saturated heterocycles. The first-order valence-corrected chi connectivity index (χ1v) is 8.58. The normalized spacial score (nSPS) is 23.6. The largest absolute Gasteiger partial charge is 0.488 e. The van der Waals surface area contributed by atoms with E-state index >= 15 is 0 Å². The van der Waals surface area contributed by atoms with E-state index in [2.05, 4.69) is 0 Å². The van der Waals surface area contributed by atoms with Gasteiger partial charge in [0, 0.05) is 35.2 Å². The van der Waals surface area contributed by atoms with Crippen LogP contribution in [0.1, 0.15) is 25.3 Å². The number of aliphatic hydroxyl groups is 1. The van der Waals surface area contributed by atoms with Crippen molar-refractivity contribution >= 4 is 23.6 Å². The minimum atomic E-state index is -0.190. The zero-order valence-corrected chi connectivity index (χ0v) is 14.6. The molecule has 0 bridgehead atoms. The molecule has 0 aliphatic carbocycles.